The normalized spacial score (nSPS) is 11.9. The molecular weight excluding hydrogens is 348 g/mol. The van der Waals surface area contributed by atoms with Gasteiger partial charge in [0, 0.05) is 37.0 Å². The van der Waals surface area contributed by atoms with E-state index in [2.05, 4.69) is 15.7 Å². The number of rotatable bonds is 5. The predicted octanol–water partition coefficient (Wildman–Crippen LogP) is 1.79. The van der Waals surface area contributed by atoms with Gasteiger partial charge in [0.05, 0.1) is 5.69 Å². The minimum Gasteiger partial charge on any atom is -0.444 e. The zero-order valence-corrected chi connectivity index (χ0v) is 15.6. The van der Waals surface area contributed by atoms with Gasteiger partial charge in [-0.1, -0.05) is 30.3 Å². The number of aryl methyl sites for hydroxylation is 2. The molecule has 8 nitrogen and oxygen atoms in total. The Kier molecular flexibility index (Phi) is 6.48. The van der Waals surface area contributed by atoms with Crippen LogP contribution in [-0.2, 0) is 21.4 Å². The lowest BCUT2D eigenvalue weighted by Gasteiger charge is -2.16. The summed E-state index contributed by atoms with van der Waals surface area (Å²) in [5, 5.41) is 8.68. The monoisotopic (exact) mass is 370 g/mol. The van der Waals surface area contributed by atoms with Crippen molar-refractivity contribution < 1.29 is 19.1 Å². The number of nitrogens with zero attached hydrogens (tertiary/aromatic N) is 2. The molecule has 1 aromatic carbocycles. The van der Waals surface area contributed by atoms with Crippen LogP contribution in [0, 0.1) is 13.8 Å². The molecule has 0 bridgehead atoms. The van der Waals surface area contributed by atoms with Crippen molar-refractivity contribution in [1.82, 2.24) is 20.4 Å². The summed E-state index contributed by atoms with van der Waals surface area (Å²) in [5.41, 5.74) is 2.93. The fraction of sp³-hybridized carbons (Fsp3) is 0.263. The Bertz CT molecular complexity index is 871. The number of aromatic nitrogens is 2. The molecule has 1 heterocycles. The third-order valence-electron chi connectivity index (χ3n) is 3.99. The number of nitrogens with one attached hydrogen (secondary N) is 2. The summed E-state index contributed by atoms with van der Waals surface area (Å²) in [6.45, 7) is 3.72. The fourth-order valence-corrected chi connectivity index (χ4v) is 2.48. The van der Waals surface area contributed by atoms with Crippen LogP contribution in [0.2, 0.25) is 0 Å². The van der Waals surface area contributed by atoms with Gasteiger partial charge in [-0.2, -0.15) is 5.10 Å². The smallest absolute Gasteiger partial charge is 0.331 e. The molecule has 0 spiro atoms. The first-order valence-corrected chi connectivity index (χ1v) is 8.30. The first kappa shape index (κ1) is 19.9. The highest BCUT2D eigenvalue weighted by molar-refractivity contribution is 5.98. The molecule has 0 aliphatic rings. The summed E-state index contributed by atoms with van der Waals surface area (Å²) in [6, 6.07) is 7.78. The van der Waals surface area contributed by atoms with Crippen molar-refractivity contribution in [2.75, 3.05) is 7.05 Å². The molecule has 27 heavy (non-hydrogen) atoms. The molecule has 1 atom stereocenters. The molecular formula is C19H22N4O4. The van der Waals surface area contributed by atoms with Crippen molar-refractivity contribution in [3.05, 3.63) is 58.9 Å². The van der Waals surface area contributed by atoms with E-state index in [0.717, 1.165) is 17.0 Å². The Labute approximate surface area is 157 Å². The molecule has 8 heteroatoms. The summed E-state index contributed by atoms with van der Waals surface area (Å²) in [7, 11) is 3.19. The number of urea groups is 1. The van der Waals surface area contributed by atoms with Crippen LogP contribution in [0.15, 0.2) is 36.4 Å². The van der Waals surface area contributed by atoms with Crippen LogP contribution in [-0.4, -0.2) is 34.7 Å². The molecule has 2 aromatic rings. The molecule has 2 rings (SSSR count). The lowest BCUT2D eigenvalue weighted by Crippen LogP contribution is -2.41. The van der Waals surface area contributed by atoms with Crippen LogP contribution < -0.4 is 10.6 Å². The van der Waals surface area contributed by atoms with Crippen molar-refractivity contribution in [2.45, 2.75) is 20.0 Å². The largest absolute Gasteiger partial charge is 0.444 e. The van der Waals surface area contributed by atoms with E-state index in [1.807, 2.05) is 20.9 Å². The fourth-order valence-electron chi connectivity index (χ4n) is 2.48. The maximum atomic E-state index is 12.3. The third-order valence-corrected chi connectivity index (χ3v) is 3.99. The SMILES string of the molecule is CNC(=O)NC(=O)C(OC(=O)C=Cc1c(C)nn(C)c1C)c1ccccc1. The number of esters is 1. The van der Waals surface area contributed by atoms with Crippen LogP contribution in [0.5, 0.6) is 0 Å². The number of carbonyl (C=O) groups is 3. The van der Waals surface area contributed by atoms with Gasteiger partial charge < -0.3 is 10.1 Å². The summed E-state index contributed by atoms with van der Waals surface area (Å²) in [5.74, 6) is -1.45. The third kappa shape index (κ3) is 5.04. The Morgan fingerprint density at radius 1 is 1.19 bits per heavy atom. The molecule has 0 radical (unpaired) electrons. The Morgan fingerprint density at radius 3 is 2.41 bits per heavy atom. The van der Waals surface area contributed by atoms with Crippen LogP contribution >= 0.6 is 0 Å². The van der Waals surface area contributed by atoms with Crippen LogP contribution in [0.3, 0.4) is 0 Å². The highest BCUT2D eigenvalue weighted by atomic mass is 16.5. The standard InChI is InChI=1S/C19H22N4O4/c1-12-15(13(2)23(4)22-12)10-11-16(24)27-17(14-8-6-5-7-9-14)18(25)21-19(26)20-3/h5-11,17H,1-4H3,(H2,20,21,25,26). The summed E-state index contributed by atoms with van der Waals surface area (Å²) >= 11 is 0. The van der Waals surface area contributed by atoms with Gasteiger partial charge >= 0.3 is 12.0 Å². The molecule has 1 aromatic heterocycles. The van der Waals surface area contributed by atoms with Crippen molar-refractivity contribution in [1.29, 1.82) is 0 Å². The number of benzene rings is 1. The highest BCUT2D eigenvalue weighted by Crippen LogP contribution is 2.19. The topological polar surface area (TPSA) is 102 Å². The maximum absolute atomic E-state index is 12.3. The summed E-state index contributed by atoms with van der Waals surface area (Å²) in [4.78, 5) is 36.0. The number of carbonyl (C=O) groups excluding carboxylic acids is 3. The first-order chi connectivity index (χ1) is 12.8. The van der Waals surface area contributed by atoms with Crippen LogP contribution in [0.1, 0.15) is 28.6 Å². The van der Waals surface area contributed by atoms with Gasteiger partial charge in [-0.15, -0.1) is 0 Å². The Morgan fingerprint density at radius 2 is 1.85 bits per heavy atom. The highest BCUT2D eigenvalue weighted by Gasteiger charge is 2.25. The second-order valence-electron chi connectivity index (χ2n) is 5.84. The van der Waals surface area contributed by atoms with Gasteiger partial charge in [-0.3, -0.25) is 14.8 Å². The van der Waals surface area contributed by atoms with Gasteiger partial charge in [0.1, 0.15) is 0 Å². The molecule has 0 saturated carbocycles. The lowest BCUT2D eigenvalue weighted by molar-refractivity contribution is -0.151. The van der Waals surface area contributed by atoms with Gasteiger partial charge in [-0.05, 0) is 19.9 Å². The van der Waals surface area contributed by atoms with Gasteiger partial charge in [0.25, 0.3) is 5.91 Å². The summed E-state index contributed by atoms with van der Waals surface area (Å²) < 4.78 is 7.02. The number of hydrogen-bond acceptors (Lipinski definition) is 5. The number of ether oxygens (including phenoxy) is 1. The van der Waals surface area contributed by atoms with E-state index in [4.69, 9.17) is 4.74 Å². The lowest BCUT2D eigenvalue weighted by atomic mass is 10.1. The van der Waals surface area contributed by atoms with Crippen molar-refractivity contribution in [2.24, 2.45) is 7.05 Å². The quantitative estimate of drug-likeness (QED) is 0.617. The molecule has 142 valence electrons. The van der Waals surface area contributed by atoms with E-state index in [9.17, 15) is 14.4 Å². The van der Waals surface area contributed by atoms with E-state index in [1.165, 1.54) is 13.1 Å². The first-order valence-electron chi connectivity index (χ1n) is 8.30. The predicted molar refractivity (Wildman–Crippen MR) is 99.6 cm³/mol. The molecule has 3 amide bonds. The van der Waals surface area contributed by atoms with E-state index >= 15 is 0 Å². The Balaban J connectivity index is 2.19. The molecule has 1 unspecified atom stereocenters. The molecule has 0 aliphatic carbocycles. The zero-order valence-electron chi connectivity index (χ0n) is 15.6. The van der Waals surface area contributed by atoms with E-state index in [1.54, 1.807) is 41.1 Å². The van der Waals surface area contributed by atoms with E-state index < -0.39 is 24.0 Å². The van der Waals surface area contributed by atoms with Crippen LogP contribution in [0.25, 0.3) is 6.08 Å². The van der Waals surface area contributed by atoms with Gasteiger partial charge in [-0.25, -0.2) is 9.59 Å². The maximum Gasteiger partial charge on any atom is 0.331 e. The second-order valence-corrected chi connectivity index (χ2v) is 5.84. The van der Waals surface area contributed by atoms with Gasteiger partial charge in [0.15, 0.2) is 0 Å². The van der Waals surface area contributed by atoms with Crippen molar-refractivity contribution in [3.63, 3.8) is 0 Å². The van der Waals surface area contributed by atoms with Crippen LogP contribution in [0.4, 0.5) is 4.79 Å². The second kappa shape index (κ2) is 8.79. The molecule has 0 saturated heterocycles. The van der Waals surface area contributed by atoms with E-state index in [-0.39, 0.29) is 0 Å². The minimum absolute atomic E-state index is 0.453. The molecule has 2 N–H and O–H groups in total. The Hall–Kier alpha value is -3.42. The van der Waals surface area contributed by atoms with Crippen molar-refractivity contribution in [3.8, 4) is 0 Å². The zero-order chi connectivity index (χ0) is 20.0. The van der Waals surface area contributed by atoms with Gasteiger partial charge in [0.2, 0.25) is 6.10 Å². The summed E-state index contributed by atoms with van der Waals surface area (Å²) in [6.07, 6.45) is 1.58. The average molecular weight is 370 g/mol. The van der Waals surface area contributed by atoms with E-state index in [0.29, 0.717) is 5.56 Å². The average Bonchev–Trinajstić information content (AvgIpc) is 2.90. The molecule has 0 fully saturated rings. The van der Waals surface area contributed by atoms with Crippen molar-refractivity contribution >= 4 is 24.0 Å². The number of hydrogen-bond donors (Lipinski definition) is 2. The minimum atomic E-state index is -1.25. The number of imide groups is 1. The molecule has 0 aliphatic heterocycles. The number of amides is 3.